The third-order valence-corrected chi connectivity index (χ3v) is 5.00. The van der Waals surface area contributed by atoms with Gasteiger partial charge in [0.15, 0.2) is 0 Å². The quantitative estimate of drug-likeness (QED) is 0.688. The lowest BCUT2D eigenvalue weighted by molar-refractivity contribution is 0.0766. The third kappa shape index (κ3) is 3.52. The minimum atomic E-state index is -0.408. The molecule has 0 radical (unpaired) electrons. The van der Waals surface area contributed by atoms with E-state index >= 15 is 0 Å². The first-order chi connectivity index (χ1) is 13.7. The van der Waals surface area contributed by atoms with Crippen molar-refractivity contribution < 1.29 is 9.18 Å². The zero-order valence-electron chi connectivity index (χ0n) is 15.3. The van der Waals surface area contributed by atoms with Crippen molar-refractivity contribution in [3.8, 4) is 6.07 Å². The molecule has 6 heteroatoms. The maximum absolute atomic E-state index is 13.5. The van der Waals surface area contributed by atoms with Crippen LogP contribution < -0.4 is 4.90 Å². The Hall–Kier alpha value is -3.46. The van der Waals surface area contributed by atoms with Crippen molar-refractivity contribution in [1.29, 1.82) is 5.26 Å². The van der Waals surface area contributed by atoms with Gasteiger partial charge in [-0.25, -0.2) is 9.37 Å². The Morgan fingerprint density at radius 1 is 1.04 bits per heavy atom. The van der Waals surface area contributed by atoms with Crippen LogP contribution in [0.5, 0.6) is 0 Å². The number of pyridine rings is 1. The largest absolute Gasteiger partial charge is 0.369 e. The molecular weight excluding hydrogens is 355 g/mol. The molecule has 2 heterocycles. The molecule has 0 N–H and O–H groups in total. The SMILES string of the molecule is N#Cc1cc(N2CCCN(C(=O)c3cccc(F)c3)CC2)c2ccccc2n1. The number of nitriles is 1. The minimum Gasteiger partial charge on any atom is -0.369 e. The van der Waals surface area contributed by atoms with Gasteiger partial charge in [-0.2, -0.15) is 5.26 Å². The van der Waals surface area contributed by atoms with Gasteiger partial charge in [0.2, 0.25) is 0 Å². The minimum absolute atomic E-state index is 0.154. The molecule has 2 aromatic carbocycles. The molecule has 1 aliphatic heterocycles. The van der Waals surface area contributed by atoms with Crippen molar-refractivity contribution in [2.24, 2.45) is 0 Å². The van der Waals surface area contributed by atoms with Crippen molar-refractivity contribution in [2.75, 3.05) is 31.1 Å². The lowest BCUT2D eigenvalue weighted by atomic mass is 10.1. The van der Waals surface area contributed by atoms with Gasteiger partial charge >= 0.3 is 0 Å². The number of rotatable bonds is 2. The highest BCUT2D eigenvalue weighted by Gasteiger charge is 2.22. The van der Waals surface area contributed by atoms with E-state index in [2.05, 4.69) is 16.0 Å². The molecule has 140 valence electrons. The Morgan fingerprint density at radius 3 is 2.71 bits per heavy atom. The summed E-state index contributed by atoms with van der Waals surface area (Å²) in [5.74, 6) is -0.562. The van der Waals surface area contributed by atoms with E-state index in [0.717, 1.165) is 29.6 Å². The summed E-state index contributed by atoms with van der Waals surface area (Å²) >= 11 is 0. The average Bonchev–Trinajstić information content (AvgIpc) is 2.98. The van der Waals surface area contributed by atoms with Gasteiger partial charge in [0.1, 0.15) is 17.6 Å². The van der Waals surface area contributed by atoms with Gasteiger partial charge in [0.05, 0.1) is 5.52 Å². The van der Waals surface area contributed by atoms with Crippen LogP contribution >= 0.6 is 0 Å². The lowest BCUT2D eigenvalue weighted by Crippen LogP contribution is -2.35. The molecule has 0 atom stereocenters. The second kappa shape index (κ2) is 7.65. The molecule has 0 spiro atoms. The van der Waals surface area contributed by atoms with Crippen LogP contribution in [0.1, 0.15) is 22.5 Å². The van der Waals surface area contributed by atoms with Crippen LogP contribution in [-0.2, 0) is 0 Å². The van der Waals surface area contributed by atoms with Crippen LogP contribution in [0.2, 0.25) is 0 Å². The van der Waals surface area contributed by atoms with E-state index in [1.54, 1.807) is 17.0 Å². The zero-order valence-corrected chi connectivity index (χ0v) is 15.3. The monoisotopic (exact) mass is 374 g/mol. The predicted molar refractivity (Wildman–Crippen MR) is 106 cm³/mol. The standard InChI is InChI=1S/C22H19FN4O/c23-17-6-3-5-16(13-17)22(28)27-10-4-9-26(11-12-27)21-14-18(15-24)25-20-8-2-1-7-19(20)21/h1-3,5-8,13-14H,4,9-12H2. The highest BCUT2D eigenvalue weighted by atomic mass is 19.1. The van der Waals surface area contributed by atoms with Gasteiger partial charge in [-0.3, -0.25) is 4.79 Å². The third-order valence-electron chi connectivity index (χ3n) is 5.00. The van der Waals surface area contributed by atoms with Gasteiger partial charge in [-0.05, 0) is 36.8 Å². The predicted octanol–water partition coefficient (Wildman–Crippen LogP) is 3.60. The topological polar surface area (TPSA) is 60.2 Å². The Labute approximate surface area is 162 Å². The van der Waals surface area contributed by atoms with Gasteiger partial charge < -0.3 is 9.80 Å². The fourth-order valence-electron chi connectivity index (χ4n) is 3.64. The van der Waals surface area contributed by atoms with Crippen LogP contribution in [0.15, 0.2) is 54.6 Å². The van der Waals surface area contributed by atoms with Crippen LogP contribution in [0.25, 0.3) is 10.9 Å². The molecule has 4 rings (SSSR count). The summed E-state index contributed by atoms with van der Waals surface area (Å²) in [6.07, 6.45) is 0.791. The van der Waals surface area contributed by atoms with Gasteiger partial charge in [-0.1, -0.05) is 24.3 Å². The van der Waals surface area contributed by atoms with Crippen LogP contribution in [0.3, 0.4) is 0 Å². The molecular formula is C22H19FN4O. The number of amides is 1. The maximum atomic E-state index is 13.5. The molecule has 1 aliphatic rings. The van der Waals surface area contributed by atoms with E-state index in [0.29, 0.717) is 30.9 Å². The molecule has 28 heavy (non-hydrogen) atoms. The number of carbonyl (C=O) groups is 1. The average molecular weight is 374 g/mol. The Morgan fingerprint density at radius 2 is 1.89 bits per heavy atom. The molecule has 3 aromatic rings. The van der Waals surface area contributed by atoms with Gasteiger partial charge in [0.25, 0.3) is 5.91 Å². The summed E-state index contributed by atoms with van der Waals surface area (Å²) in [4.78, 5) is 21.1. The number of aromatic nitrogens is 1. The van der Waals surface area contributed by atoms with E-state index < -0.39 is 5.82 Å². The van der Waals surface area contributed by atoms with E-state index in [1.165, 1.54) is 12.1 Å². The summed E-state index contributed by atoms with van der Waals surface area (Å²) < 4.78 is 13.5. The van der Waals surface area contributed by atoms with Gasteiger partial charge in [-0.15, -0.1) is 0 Å². The number of halogens is 1. The number of para-hydroxylation sites is 1. The lowest BCUT2D eigenvalue weighted by Gasteiger charge is -2.25. The van der Waals surface area contributed by atoms with E-state index in [9.17, 15) is 14.4 Å². The highest BCUT2D eigenvalue weighted by molar-refractivity contribution is 5.94. The van der Waals surface area contributed by atoms with Gasteiger partial charge in [0, 0.05) is 42.8 Å². The van der Waals surface area contributed by atoms with Crippen molar-refractivity contribution in [3.05, 3.63) is 71.7 Å². The number of nitrogens with zero attached hydrogens (tertiary/aromatic N) is 4. The van der Waals surface area contributed by atoms with Crippen LogP contribution in [0.4, 0.5) is 10.1 Å². The van der Waals surface area contributed by atoms with Crippen molar-refractivity contribution >= 4 is 22.5 Å². The number of hydrogen-bond acceptors (Lipinski definition) is 4. The second-order valence-corrected chi connectivity index (χ2v) is 6.80. The first-order valence-electron chi connectivity index (χ1n) is 9.25. The molecule has 0 unspecified atom stereocenters. The molecule has 1 saturated heterocycles. The molecule has 0 saturated carbocycles. The zero-order chi connectivity index (χ0) is 19.5. The van der Waals surface area contributed by atoms with Crippen molar-refractivity contribution in [2.45, 2.75) is 6.42 Å². The fraction of sp³-hybridized carbons (Fsp3) is 0.227. The fourth-order valence-corrected chi connectivity index (χ4v) is 3.64. The first-order valence-corrected chi connectivity index (χ1v) is 9.25. The van der Waals surface area contributed by atoms with Crippen LogP contribution in [-0.4, -0.2) is 42.0 Å². The number of benzene rings is 2. The number of carbonyl (C=O) groups excluding carboxylic acids is 1. The molecule has 1 fully saturated rings. The number of anilines is 1. The molecule has 1 aromatic heterocycles. The van der Waals surface area contributed by atoms with Crippen molar-refractivity contribution in [3.63, 3.8) is 0 Å². The maximum Gasteiger partial charge on any atom is 0.254 e. The molecule has 1 amide bonds. The summed E-state index contributed by atoms with van der Waals surface area (Å²) in [5.41, 5.74) is 2.50. The summed E-state index contributed by atoms with van der Waals surface area (Å²) in [5, 5.41) is 10.3. The Kier molecular flexibility index (Phi) is 4.90. The number of hydrogen-bond donors (Lipinski definition) is 0. The molecule has 0 aliphatic carbocycles. The molecule has 0 bridgehead atoms. The van der Waals surface area contributed by atoms with E-state index in [4.69, 9.17) is 0 Å². The normalized spacial score (nSPS) is 14.6. The second-order valence-electron chi connectivity index (χ2n) is 6.80. The van der Waals surface area contributed by atoms with E-state index in [1.807, 2.05) is 30.3 Å². The summed E-state index contributed by atoms with van der Waals surface area (Å²) in [6, 6.07) is 17.5. The summed E-state index contributed by atoms with van der Waals surface area (Å²) in [7, 11) is 0. The number of fused-ring (bicyclic) bond motifs is 1. The Bertz CT molecular complexity index is 1080. The van der Waals surface area contributed by atoms with Crippen molar-refractivity contribution in [1.82, 2.24) is 9.88 Å². The molecule has 5 nitrogen and oxygen atoms in total. The first kappa shape index (κ1) is 17.9. The Balaban J connectivity index is 1.59. The van der Waals surface area contributed by atoms with E-state index in [-0.39, 0.29) is 5.91 Å². The smallest absolute Gasteiger partial charge is 0.254 e. The van der Waals surface area contributed by atoms with Crippen LogP contribution in [0, 0.1) is 17.1 Å². The highest BCUT2D eigenvalue weighted by Crippen LogP contribution is 2.27. The summed E-state index contributed by atoms with van der Waals surface area (Å²) in [6.45, 7) is 2.56.